The number of urea groups is 1. The van der Waals surface area contributed by atoms with Crippen LogP contribution in [0.15, 0.2) is 5.10 Å². The predicted octanol–water partition coefficient (Wildman–Crippen LogP) is 1.65. The summed E-state index contributed by atoms with van der Waals surface area (Å²) < 4.78 is 4.87. The van der Waals surface area contributed by atoms with Crippen molar-refractivity contribution in [3.63, 3.8) is 0 Å². The number of esters is 1. The summed E-state index contributed by atoms with van der Waals surface area (Å²) in [5.41, 5.74) is 7.45. The van der Waals surface area contributed by atoms with E-state index in [0.29, 0.717) is 0 Å². The van der Waals surface area contributed by atoms with E-state index in [2.05, 4.69) is 17.5 Å². The van der Waals surface area contributed by atoms with Crippen LogP contribution in [-0.2, 0) is 9.53 Å². The first-order valence-corrected chi connectivity index (χ1v) is 6.35. The molecular formula is C13H23N3O3. The van der Waals surface area contributed by atoms with E-state index in [4.69, 9.17) is 10.5 Å². The summed E-state index contributed by atoms with van der Waals surface area (Å²) in [7, 11) is 1.41. The molecule has 1 fully saturated rings. The topological polar surface area (TPSA) is 93.8 Å². The Morgan fingerprint density at radius 3 is 2.42 bits per heavy atom. The van der Waals surface area contributed by atoms with Crippen LogP contribution in [0.5, 0.6) is 0 Å². The van der Waals surface area contributed by atoms with Gasteiger partial charge in [0.1, 0.15) is 0 Å². The number of nitrogens with zero attached hydrogens (tertiary/aromatic N) is 1. The van der Waals surface area contributed by atoms with Crippen LogP contribution < -0.4 is 11.2 Å². The van der Waals surface area contributed by atoms with E-state index < -0.39 is 6.03 Å². The highest BCUT2D eigenvalue weighted by Gasteiger charge is 2.56. The summed E-state index contributed by atoms with van der Waals surface area (Å²) >= 11 is 0. The van der Waals surface area contributed by atoms with Crippen LogP contribution in [0, 0.1) is 16.7 Å². The fourth-order valence-corrected chi connectivity index (χ4v) is 2.96. The molecule has 0 aromatic heterocycles. The van der Waals surface area contributed by atoms with Crippen LogP contribution in [0.2, 0.25) is 0 Å². The Hall–Kier alpha value is -1.59. The molecule has 0 aromatic carbocycles. The van der Waals surface area contributed by atoms with Crippen LogP contribution in [0.1, 0.15) is 40.5 Å². The summed E-state index contributed by atoms with van der Waals surface area (Å²) in [5, 5.41) is 4.03. The van der Waals surface area contributed by atoms with Crippen molar-refractivity contribution < 1.29 is 14.3 Å². The first-order valence-electron chi connectivity index (χ1n) is 6.35. The molecule has 2 atom stereocenters. The van der Waals surface area contributed by atoms with Crippen molar-refractivity contribution in [2.75, 3.05) is 7.11 Å². The number of primary amides is 1. The number of methoxy groups -OCH3 is 1. The summed E-state index contributed by atoms with van der Waals surface area (Å²) in [4.78, 5) is 22.6. The number of nitrogens with two attached hydrogens (primary N) is 1. The molecule has 1 saturated carbocycles. The van der Waals surface area contributed by atoms with Crippen molar-refractivity contribution in [2.24, 2.45) is 27.6 Å². The lowest BCUT2D eigenvalue weighted by molar-refractivity contribution is -0.149. The highest BCUT2D eigenvalue weighted by Crippen LogP contribution is 2.56. The molecule has 0 aliphatic heterocycles. The maximum atomic E-state index is 11.9. The Kier molecular flexibility index (Phi) is 4.22. The number of hydrogen-bond acceptors (Lipinski definition) is 4. The van der Waals surface area contributed by atoms with Gasteiger partial charge in [-0.05, 0) is 25.2 Å². The van der Waals surface area contributed by atoms with Crippen LogP contribution in [0.25, 0.3) is 0 Å². The lowest BCUT2D eigenvalue weighted by Gasteiger charge is -2.40. The van der Waals surface area contributed by atoms with Crippen molar-refractivity contribution in [3.8, 4) is 0 Å². The number of carbonyl (C=O) groups is 2. The molecule has 0 radical (unpaired) electrons. The van der Waals surface area contributed by atoms with Crippen LogP contribution in [-0.4, -0.2) is 24.8 Å². The number of hydrazone groups is 1. The third kappa shape index (κ3) is 2.57. The minimum atomic E-state index is -0.691. The Morgan fingerprint density at radius 1 is 1.37 bits per heavy atom. The molecule has 0 aromatic rings. The van der Waals surface area contributed by atoms with Gasteiger partial charge >= 0.3 is 12.0 Å². The second-order valence-corrected chi connectivity index (χ2v) is 5.84. The lowest BCUT2D eigenvalue weighted by atomic mass is 9.63. The molecule has 6 nitrogen and oxygen atoms in total. The van der Waals surface area contributed by atoms with Gasteiger partial charge in [-0.1, -0.05) is 20.8 Å². The van der Waals surface area contributed by atoms with Gasteiger partial charge in [-0.3, -0.25) is 4.79 Å². The molecule has 1 aliphatic rings. The van der Waals surface area contributed by atoms with E-state index >= 15 is 0 Å². The highest BCUT2D eigenvalue weighted by molar-refractivity contribution is 5.91. The SMILES string of the molecule is COC(=O)[C@@H]1CC[C@@](C)(C(C)=NNC(N)=O)C1(C)C. The van der Waals surface area contributed by atoms with Gasteiger partial charge in [0.15, 0.2) is 0 Å². The molecule has 0 saturated heterocycles. The van der Waals surface area contributed by atoms with E-state index in [1.165, 1.54) is 7.11 Å². The zero-order chi connectivity index (χ0) is 14.8. The van der Waals surface area contributed by atoms with Gasteiger partial charge in [0, 0.05) is 11.1 Å². The quantitative estimate of drug-likeness (QED) is 0.463. The second-order valence-electron chi connectivity index (χ2n) is 5.84. The smallest absolute Gasteiger partial charge is 0.332 e. The largest absolute Gasteiger partial charge is 0.469 e. The third-order valence-electron chi connectivity index (χ3n) is 4.84. The Balaban J connectivity index is 3.03. The minimum Gasteiger partial charge on any atom is -0.469 e. The minimum absolute atomic E-state index is 0.166. The molecule has 3 N–H and O–H groups in total. The summed E-state index contributed by atoms with van der Waals surface area (Å²) in [6.07, 6.45) is 1.56. The monoisotopic (exact) mass is 269 g/mol. The molecule has 1 rings (SSSR count). The number of nitrogens with one attached hydrogen (secondary N) is 1. The lowest BCUT2D eigenvalue weighted by Crippen LogP contribution is -2.43. The molecule has 0 heterocycles. The summed E-state index contributed by atoms with van der Waals surface area (Å²) in [5.74, 6) is -0.356. The van der Waals surface area contributed by atoms with E-state index in [1.54, 1.807) is 0 Å². The molecule has 2 amide bonds. The highest BCUT2D eigenvalue weighted by atomic mass is 16.5. The van der Waals surface area contributed by atoms with E-state index in [1.807, 2.05) is 20.8 Å². The van der Waals surface area contributed by atoms with Crippen LogP contribution in [0.3, 0.4) is 0 Å². The number of amides is 2. The molecule has 19 heavy (non-hydrogen) atoms. The van der Waals surface area contributed by atoms with E-state index in [-0.39, 0.29) is 22.7 Å². The van der Waals surface area contributed by atoms with Gasteiger partial charge in [-0.25, -0.2) is 10.2 Å². The number of ether oxygens (including phenoxy) is 1. The van der Waals surface area contributed by atoms with Crippen molar-refractivity contribution in [2.45, 2.75) is 40.5 Å². The van der Waals surface area contributed by atoms with Gasteiger partial charge in [0.25, 0.3) is 0 Å². The Labute approximate surface area is 113 Å². The normalized spacial score (nSPS) is 29.9. The van der Waals surface area contributed by atoms with Gasteiger partial charge in [0.05, 0.1) is 13.0 Å². The molecule has 0 bridgehead atoms. The first-order chi connectivity index (χ1) is 8.66. The van der Waals surface area contributed by atoms with Gasteiger partial charge in [-0.2, -0.15) is 5.10 Å². The van der Waals surface area contributed by atoms with E-state index in [0.717, 1.165) is 18.6 Å². The maximum Gasteiger partial charge on any atom is 0.332 e. The fourth-order valence-electron chi connectivity index (χ4n) is 2.96. The van der Waals surface area contributed by atoms with E-state index in [9.17, 15) is 9.59 Å². The number of rotatable bonds is 3. The molecule has 0 spiro atoms. The van der Waals surface area contributed by atoms with Crippen molar-refractivity contribution in [1.82, 2.24) is 5.43 Å². The molecule has 0 unspecified atom stereocenters. The average molecular weight is 269 g/mol. The zero-order valence-electron chi connectivity index (χ0n) is 12.2. The first kappa shape index (κ1) is 15.5. The van der Waals surface area contributed by atoms with Gasteiger partial charge < -0.3 is 10.5 Å². The number of carbonyl (C=O) groups excluding carboxylic acids is 2. The van der Waals surface area contributed by atoms with Gasteiger partial charge in [-0.15, -0.1) is 0 Å². The third-order valence-corrected chi connectivity index (χ3v) is 4.84. The molecule has 108 valence electrons. The summed E-state index contributed by atoms with van der Waals surface area (Å²) in [6.45, 7) is 7.96. The molecular weight excluding hydrogens is 246 g/mol. The molecule has 6 heteroatoms. The van der Waals surface area contributed by atoms with Gasteiger partial charge in [0.2, 0.25) is 0 Å². The Bertz CT molecular complexity index is 417. The molecule has 1 aliphatic carbocycles. The zero-order valence-corrected chi connectivity index (χ0v) is 12.2. The fraction of sp³-hybridized carbons (Fsp3) is 0.769. The average Bonchev–Trinajstić information content (AvgIpc) is 2.57. The van der Waals surface area contributed by atoms with Crippen molar-refractivity contribution in [3.05, 3.63) is 0 Å². The Morgan fingerprint density at radius 2 is 1.95 bits per heavy atom. The standard InChI is InChI=1S/C13H23N3O3/c1-8(15-16-11(14)18)13(4)7-6-9(10(17)19-5)12(13,2)3/h9H,6-7H2,1-5H3,(H3,14,16,18)/t9-,13-/m0/s1. The van der Waals surface area contributed by atoms with Crippen molar-refractivity contribution >= 4 is 17.7 Å². The second kappa shape index (κ2) is 5.19. The van der Waals surface area contributed by atoms with Crippen LogP contribution in [0.4, 0.5) is 4.79 Å². The predicted molar refractivity (Wildman–Crippen MR) is 72.5 cm³/mol. The van der Waals surface area contributed by atoms with Crippen molar-refractivity contribution in [1.29, 1.82) is 0 Å². The summed E-state index contributed by atoms with van der Waals surface area (Å²) in [6, 6.07) is -0.691. The maximum absolute atomic E-state index is 11.9. The van der Waals surface area contributed by atoms with Crippen LogP contribution >= 0.6 is 0 Å². The number of hydrogen-bond donors (Lipinski definition) is 2.